The Morgan fingerprint density at radius 1 is 1.26 bits per heavy atom. The molecule has 0 aliphatic carbocycles. The van der Waals surface area contributed by atoms with Crippen LogP contribution in [0.5, 0.6) is 0 Å². The molecule has 1 aromatic carbocycles. The van der Waals surface area contributed by atoms with Gasteiger partial charge in [0.2, 0.25) is 0 Å². The average Bonchev–Trinajstić information content (AvgIpc) is 2.40. The molecule has 0 aromatic heterocycles. The van der Waals surface area contributed by atoms with Gasteiger partial charge in [0.1, 0.15) is 0 Å². The molecular formula is C15H21ClN2O. The van der Waals surface area contributed by atoms with Gasteiger partial charge in [0.05, 0.1) is 0 Å². The van der Waals surface area contributed by atoms with Crippen molar-refractivity contribution in [2.45, 2.75) is 25.8 Å². The van der Waals surface area contributed by atoms with Crippen molar-refractivity contribution >= 4 is 18.3 Å². The zero-order valence-electron chi connectivity index (χ0n) is 11.3. The number of carbonyl (C=O) groups is 1. The van der Waals surface area contributed by atoms with E-state index in [0.29, 0.717) is 12.0 Å². The van der Waals surface area contributed by atoms with Crippen molar-refractivity contribution in [2.24, 2.45) is 5.92 Å². The van der Waals surface area contributed by atoms with E-state index < -0.39 is 0 Å². The molecule has 1 unspecified atom stereocenters. The monoisotopic (exact) mass is 280 g/mol. The maximum absolute atomic E-state index is 12.3. The van der Waals surface area contributed by atoms with E-state index in [0.717, 1.165) is 17.7 Å². The first-order valence-electron chi connectivity index (χ1n) is 6.83. The molecule has 2 bridgehead atoms. The number of carbonyl (C=O) groups excluding carboxylic acids is 1. The summed E-state index contributed by atoms with van der Waals surface area (Å²) < 4.78 is 0. The van der Waals surface area contributed by atoms with Crippen LogP contribution in [0.25, 0.3) is 0 Å². The van der Waals surface area contributed by atoms with Crippen LogP contribution >= 0.6 is 12.4 Å². The van der Waals surface area contributed by atoms with Gasteiger partial charge in [-0.3, -0.25) is 4.79 Å². The molecule has 3 heterocycles. The number of hydrogen-bond donors (Lipinski definition) is 1. The number of nitrogens with one attached hydrogen (secondary N) is 1. The summed E-state index contributed by atoms with van der Waals surface area (Å²) in [5, 5.41) is 3.23. The topological polar surface area (TPSA) is 32.3 Å². The molecule has 0 spiro atoms. The highest BCUT2D eigenvalue weighted by atomic mass is 35.5. The lowest BCUT2D eigenvalue weighted by Crippen LogP contribution is -2.57. The van der Waals surface area contributed by atoms with E-state index in [9.17, 15) is 4.79 Å². The Labute approximate surface area is 120 Å². The average molecular weight is 281 g/mol. The van der Waals surface area contributed by atoms with Crippen LogP contribution in [0.4, 0.5) is 0 Å². The Balaban J connectivity index is 0.00000133. The number of piperidine rings is 3. The van der Waals surface area contributed by atoms with Gasteiger partial charge >= 0.3 is 0 Å². The minimum absolute atomic E-state index is 0. The van der Waals surface area contributed by atoms with E-state index >= 15 is 0 Å². The molecule has 1 atom stereocenters. The van der Waals surface area contributed by atoms with Gasteiger partial charge in [-0.2, -0.15) is 0 Å². The van der Waals surface area contributed by atoms with Gasteiger partial charge < -0.3 is 10.2 Å². The van der Waals surface area contributed by atoms with Crippen LogP contribution in [0, 0.1) is 12.8 Å². The number of fused-ring (bicyclic) bond motifs is 3. The van der Waals surface area contributed by atoms with Crippen LogP contribution in [-0.4, -0.2) is 36.5 Å². The van der Waals surface area contributed by atoms with Crippen LogP contribution < -0.4 is 5.32 Å². The van der Waals surface area contributed by atoms with E-state index in [1.165, 1.54) is 25.9 Å². The molecule has 3 saturated heterocycles. The van der Waals surface area contributed by atoms with Gasteiger partial charge in [-0.15, -0.1) is 12.4 Å². The second-order valence-corrected chi connectivity index (χ2v) is 5.53. The fourth-order valence-electron chi connectivity index (χ4n) is 3.20. The molecular weight excluding hydrogens is 260 g/mol. The Morgan fingerprint density at radius 3 is 2.53 bits per heavy atom. The van der Waals surface area contributed by atoms with Crippen LogP contribution in [0.1, 0.15) is 28.8 Å². The second-order valence-electron chi connectivity index (χ2n) is 5.53. The van der Waals surface area contributed by atoms with Crippen LogP contribution in [0.3, 0.4) is 0 Å². The van der Waals surface area contributed by atoms with Crippen molar-refractivity contribution in [3.8, 4) is 0 Å². The van der Waals surface area contributed by atoms with Crippen LogP contribution in [0.15, 0.2) is 24.3 Å². The van der Waals surface area contributed by atoms with Gasteiger partial charge in [-0.1, -0.05) is 18.2 Å². The molecule has 3 fully saturated rings. The fourth-order valence-corrected chi connectivity index (χ4v) is 3.20. The molecule has 19 heavy (non-hydrogen) atoms. The van der Waals surface area contributed by atoms with Crippen molar-refractivity contribution in [3.05, 3.63) is 35.4 Å². The molecule has 1 aromatic rings. The highest BCUT2D eigenvalue weighted by Gasteiger charge is 2.34. The highest BCUT2D eigenvalue weighted by Crippen LogP contribution is 2.27. The number of nitrogens with zero attached hydrogens (tertiary/aromatic N) is 1. The maximum Gasteiger partial charge on any atom is 0.251 e. The van der Waals surface area contributed by atoms with Crippen molar-refractivity contribution < 1.29 is 4.79 Å². The van der Waals surface area contributed by atoms with Crippen molar-refractivity contribution in [1.29, 1.82) is 0 Å². The number of halogens is 1. The summed E-state index contributed by atoms with van der Waals surface area (Å²) in [5.41, 5.74) is 1.87. The number of rotatable bonds is 2. The third-order valence-electron chi connectivity index (χ3n) is 4.36. The molecule has 0 radical (unpaired) electrons. The highest BCUT2D eigenvalue weighted by molar-refractivity contribution is 5.95. The van der Waals surface area contributed by atoms with E-state index in [-0.39, 0.29) is 18.3 Å². The molecule has 4 rings (SSSR count). The summed E-state index contributed by atoms with van der Waals surface area (Å²) >= 11 is 0. The molecule has 1 N–H and O–H groups in total. The van der Waals surface area contributed by atoms with Gasteiger partial charge in [0, 0.05) is 18.2 Å². The molecule has 3 nitrogen and oxygen atoms in total. The summed E-state index contributed by atoms with van der Waals surface area (Å²) in [6, 6.07) is 8.15. The van der Waals surface area contributed by atoms with E-state index in [2.05, 4.69) is 10.2 Å². The smallest absolute Gasteiger partial charge is 0.251 e. The predicted molar refractivity (Wildman–Crippen MR) is 78.8 cm³/mol. The van der Waals surface area contributed by atoms with Gasteiger partial charge in [0.25, 0.3) is 5.91 Å². The SMILES string of the molecule is Cc1ccccc1C(=O)NC1CN2CCC1CC2.Cl. The van der Waals surface area contributed by atoms with Crippen LogP contribution in [0.2, 0.25) is 0 Å². The lowest BCUT2D eigenvalue weighted by molar-refractivity contribution is 0.0620. The third kappa shape index (κ3) is 2.93. The maximum atomic E-state index is 12.3. The van der Waals surface area contributed by atoms with Crippen molar-refractivity contribution in [3.63, 3.8) is 0 Å². The zero-order valence-corrected chi connectivity index (χ0v) is 12.1. The predicted octanol–water partition coefficient (Wildman–Crippen LogP) is 2.24. The molecule has 3 aliphatic heterocycles. The second kappa shape index (κ2) is 5.93. The fraction of sp³-hybridized carbons (Fsp3) is 0.533. The van der Waals surface area contributed by atoms with E-state index in [1.807, 2.05) is 31.2 Å². The summed E-state index contributed by atoms with van der Waals surface area (Å²) in [5.74, 6) is 0.773. The minimum atomic E-state index is 0. The Kier molecular flexibility index (Phi) is 4.48. The van der Waals surface area contributed by atoms with Crippen LogP contribution in [-0.2, 0) is 0 Å². The number of benzene rings is 1. The number of aryl methyl sites for hydroxylation is 1. The first-order chi connectivity index (χ1) is 8.74. The summed E-state index contributed by atoms with van der Waals surface area (Å²) in [6.07, 6.45) is 2.47. The molecule has 104 valence electrons. The van der Waals surface area contributed by atoms with Crippen molar-refractivity contribution in [1.82, 2.24) is 10.2 Å². The number of amides is 1. The standard InChI is InChI=1S/C15H20N2O.ClH/c1-11-4-2-3-5-13(11)15(18)16-14-10-17-8-6-12(14)7-9-17;/h2-5,12,14H,6-10H2,1H3,(H,16,18);1H. The third-order valence-corrected chi connectivity index (χ3v) is 4.36. The van der Waals surface area contributed by atoms with E-state index in [4.69, 9.17) is 0 Å². The quantitative estimate of drug-likeness (QED) is 0.901. The zero-order chi connectivity index (χ0) is 12.5. The summed E-state index contributed by atoms with van der Waals surface area (Å²) in [7, 11) is 0. The molecule has 3 aliphatic rings. The normalized spacial score (nSPS) is 28.6. The minimum Gasteiger partial charge on any atom is -0.348 e. The van der Waals surface area contributed by atoms with Gasteiger partial charge in [-0.05, 0) is 50.4 Å². The summed E-state index contributed by atoms with van der Waals surface area (Å²) in [6.45, 7) is 5.44. The molecule has 4 heteroatoms. The molecule has 1 amide bonds. The Hall–Kier alpha value is -1.06. The lowest BCUT2D eigenvalue weighted by atomic mass is 9.84. The van der Waals surface area contributed by atoms with Gasteiger partial charge in [0.15, 0.2) is 0 Å². The van der Waals surface area contributed by atoms with Crippen molar-refractivity contribution in [2.75, 3.05) is 19.6 Å². The Bertz CT molecular complexity index is 455. The Morgan fingerprint density at radius 2 is 1.95 bits per heavy atom. The largest absolute Gasteiger partial charge is 0.348 e. The number of hydrogen-bond acceptors (Lipinski definition) is 2. The molecule has 0 saturated carbocycles. The lowest BCUT2D eigenvalue weighted by Gasteiger charge is -2.44. The first kappa shape index (κ1) is 14.4. The summed E-state index contributed by atoms with van der Waals surface area (Å²) in [4.78, 5) is 14.7. The van der Waals surface area contributed by atoms with E-state index in [1.54, 1.807) is 0 Å². The van der Waals surface area contributed by atoms with Gasteiger partial charge in [-0.25, -0.2) is 0 Å². The first-order valence-corrected chi connectivity index (χ1v) is 6.83.